The van der Waals surface area contributed by atoms with E-state index >= 15 is 0 Å². The summed E-state index contributed by atoms with van der Waals surface area (Å²) < 4.78 is 0. The van der Waals surface area contributed by atoms with E-state index < -0.39 is 0 Å². The Morgan fingerprint density at radius 1 is 1.00 bits per heavy atom. The Bertz CT molecular complexity index is 123. The van der Waals surface area contributed by atoms with Crippen molar-refractivity contribution in [1.82, 2.24) is 5.32 Å². The second-order valence-electron chi connectivity index (χ2n) is 4.31. The van der Waals surface area contributed by atoms with Gasteiger partial charge >= 0.3 is 0 Å². The molecule has 0 aromatic carbocycles. The van der Waals surface area contributed by atoms with E-state index in [0.717, 1.165) is 18.8 Å². The van der Waals surface area contributed by atoms with Crippen molar-refractivity contribution in [3.63, 3.8) is 0 Å². The Morgan fingerprint density at radius 2 is 1.57 bits per heavy atom. The van der Waals surface area contributed by atoms with E-state index in [4.69, 9.17) is 5.11 Å². The van der Waals surface area contributed by atoms with Crippen molar-refractivity contribution in [2.45, 2.75) is 65.5 Å². The first-order chi connectivity index (χ1) is 6.67. The summed E-state index contributed by atoms with van der Waals surface area (Å²) in [5.41, 5.74) is 0. The molecular formula is C12H27NO. The van der Waals surface area contributed by atoms with Crippen molar-refractivity contribution >= 4 is 0 Å². The fourth-order valence-corrected chi connectivity index (χ4v) is 1.64. The number of hydrogen-bond acceptors (Lipinski definition) is 2. The van der Waals surface area contributed by atoms with Crippen LogP contribution in [0.2, 0.25) is 0 Å². The molecule has 0 spiro atoms. The summed E-state index contributed by atoms with van der Waals surface area (Å²) in [4.78, 5) is 0. The first kappa shape index (κ1) is 13.9. The van der Waals surface area contributed by atoms with Crippen LogP contribution in [0.1, 0.15) is 53.4 Å². The van der Waals surface area contributed by atoms with Gasteiger partial charge in [-0.3, -0.25) is 0 Å². The molecule has 3 atom stereocenters. The predicted molar refractivity (Wildman–Crippen MR) is 62.5 cm³/mol. The average Bonchev–Trinajstić information content (AvgIpc) is 2.23. The van der Waals surface area contributed by atoms with E-state index in [2.05, 4.69) is 33.0 Å². The number of aliphatic hydroxyl groups excluding tert-OH is 1. The minimum Gasteiger partial charge on any atom is -0.395 e. The van der Waals surface area contributed by atoms with E-state index in [1.165, 1.54) is 12.8 Å². The topological polar surface area (TPSA) is 32.3 Å². The summed E-state index contributed by atoms with van der Waals surface area (Å²) >= 11 is 0. The lowest BCUT2D eigenvalue weighted by atomic mass is 9.97. The molecular weight excluding hydrogens is 174 g/mol. The Morgan fingerprint density at radius 3 is 1.93 bits per heavy atom. The molecule has 0 aliphatic heterocycles. The quantitative estimate of drug-likeness (QED) is 0.632. The van der Waals surface area contributed by atoms with Gasteiger partial charge in [-0.2, -0.15) is 0 Å². The van der Waals surface area contributed by atoms with Gasteiger partial charge in [0.05, 0.1) is 6.61 Å². The third kappa shape index (κ3) is 5.61. The molecule has 2 heteroatoms. The smallest absolute Gasteiger partial charge is 0.0584 e. The van der Waals surface area contributed by atoms with Crippen molar-refractivity contribution < 1.29 is 5.11 Å². The van der Waals surface area contributed by atoms with Gasteiger partial charge in [0.25, 0.3) is 0 Å². The third-order valence-corrected chi connectivity index (χ3v) is 3.06. The molecule has 14 heavy (non-hydrogen) atoms. The van der Waals surface area contributed by atoms with E-state index in [0.29, 0.717) is 6.04 Å². The standard InChI is InChI=1S/C12H27NO/c1-5-10(4)8-11(6-2)13-12(7-3)9-14/h10-14H,5-9H2,1-4H3/t10-,11+,12+/m0/s1. The molecule has 0 aromatic heterocycles. The average molecular weight is 201 g/mol. The Hall–Kier alpha value is -0.0800. The monoisotopic (exact) mass is 201 g/mol. The number of hydrogen-bond donors (Lipinski definition) is 2. The minimum atomic E-state index is 0.257. The van der Waals surface area contributed by atoms with Gasteiger partial charge in [0.1, 0.15) is 0 Å². The molecule has 0 heterocycles. The summed E-state index contributed by atoms with van der Waals surface area (Å²) in [6.45, 7) is 9.12. The lowest BCUT2D eigenvalue weighted by Gasteiger charge is -2.25. The molecule has 0 bridgehead atoms. The van der Waals surface area contributed by atoms with Crippen LogP contribution >= 0.6 is 0 Å². The zero-order valence-corrected chi connectivity index (χ0v) is 10.2. The molecule has 0 amide bonds. The largest absolute Gasteiger partial charge is 0.395 e. The van der Waals surface area contributed by atoms with Gasteiger partial charge in [0, 0.05) is 12.1 Å². The number of rotatable bonds is 8. The SMILES string of the molecule is CC[C@H](C)C[C@@H](CC)N[C@H](CC)CO. The van der Waals surface area contributed by atoms with Crippen LogP contribution in [0.3, 0.4) is 0 Å². The molecule has 0 fully saturated rings. The Balaban J connectivity index is 3.88. The molecule has 0 aliphatic carbocycles. The van der Waals surface area contributed by atoms with Gasteiger partial charge in [-0.05, 0) is 25.2 Å². The molecule has 0 saturated carbocycles. The molecule has 2 nitrogen and oxygen atoms in total. The van der Waals surface area contributed by atoms with Gasteiger partial charge in [0.15, 0.2) is 0 Å². The molecule has 0 unspecified atom stereocenters. The summed E-state index contributed by atoms with van der Waals surface area (Å²) in [6.07, 6.45) is 4.63. The number of aliphatic hydroxyl groups is 1. The summed E-state index contributed by atoms with van der Waals surface area (Å²) in [5.74, 6) is 0.781. The summed E-state index contributed by atoms with van der Waals surface area (Å²) in [5, 5.41) is 12.6. The fourth-order valence-electron chi connectivity index (χ4n) is 1.64. The minimum absolute atomic E-state index is 0.257. The highest BCUT2D eigenvalue weighted by molar-refractivity contribution is 4.73. The summed E-state index contributed by atoms with van der Waals surface area (Å²) in [7, 11) is 0. The van der Waals surface area contributed by atoms with Gasteiger partial charge in [-0.1, -0.05) is 34.1 Å². The molecule has 0 rings (SSSR count). The lowest BCUT2D eigenvalue weighted by Crippen LogP contribution is -2.40. The highest BCUT2D eigenvalue weighted by Gasteiger charge is 2.13. The second-order valence-corrected chi connectivity index (χ2v) is 4.31. The highest BCUT2D eigenvalue weighted by Crippen LogP contribution is 2.12. The molecule has 0 aliphatic rings. The van der Waals surface area contributed by atoms with Crippen molar-refractivity contribution in [2.24, 2.45) is 5.92 Å². The maximum absolute atomic E-state index is 9.10. The molecule has 0 aromatic rings. The first-order valence-electron chi connectivity index (χ1n) is 6.04. The van der Waals surface area contributed by atoms with Crippen LogP contribution < -0.4 is 5.32 Å². The van der Waals surface area contributed by atoms with Gasteiger partial charge in [-0.25, -0.2) is 0 Å². The third-order valence-electron chi connectivity index (χ3n) is 3.06. The number of nitrogens with one attached hydrogen (secondary N) is 1. The first-order valence-corrected chi connectivity index (χ1v) is 6.04. The van der Waals surface area contributed by atoms with Crippen molar-refractivity contribution in [1.29, 1.82) is 0 Å². The van der Waals surface area contributed by atoms with E-state index in [-0.39, 0.29) is 12.6 Å². The Kier molecular flexibility index (Phi) is 8.20. The normalized spacial score (nSPS) is 17.8. The zero-order valence-electron chi connectivity index (χ0n) is 10.2. The van der Waals surface area contributed by atoms with Crippen molar-refractivity contribution in [2.75, 3.05) is 6.61 Å². The maximum atomic E-state index is 9.10. The van der Waals surface area contributed by atoms with E-state index in [9.17, 15) is 0 Å². The molecule has 0 radical (unpaired) electrons. The van der Waals surface area contributed by atoms with Crippen LogP contribution in [0.25, 0.3) is 0 Å². The van der Waals surface area contributed by atoms with Crippen molar-refractivity contribution in [3.05, 3.63) is 0 Å². The maximum Gasteiger partial charge on any atom is 0.0584 e. The molecule has 2 N–H and O–H groups in total. The van der Waals surface area contributed by atoms with Crippen LogP contribution in [-0.4, -0.2) is 23.8 Å². The van der Waals surface area contributed by atoms with Crippen LogP contribution in [-0.2, 0) is 0 Å². The molecule has 0 saturated heterocycles. The van der Waals surface area contributed by atoms with Gasteiger partial charge in [0.2, 0.25) is 0 Å². The summed E-state index contributed by atoms with van der Waals surface area (Å²) in [6, 6.07) is 0.853. The van der Waals surface area contributed by atoms with Crippen LogP contribution in [0.4, 0.5) is 0 Å². The molecule has 86 valence electrons. The van der Waals surface area contributed by atoms with Gasteiger partial charge < -0.3 is 10.4 Å². The Labute approximate surface area is 89.1 Å². The second kappa shape index (κ2) is 8.25. The fraction of sp³-hybridized carbons (Fsp3) is 1.00. The lowest BCUT2D eigenvalue weighted by molar-refractivity contribution is 0.218. The van der Waals surface area contributed by atoms with Gasteiger partial charge in [-0.15, -0.1) is 0 Å². The highest BCUT2D eigenvalue weighted by atomic mass is 16.3. The van der Waals surface area contributed by atoms with Crippen molar-refractivity contribution in [3.8, 4) is 0 Å². The van der Waals surface area contributed by atoms with Crippen LogP contribution in [0.5, 0.6) is 0 Å². The van der Waals surface area contributed by atoms with E-state index in [1.54, 1.807) is 0 Å². The van der Waals surface area contributed by atoms with E-state index in [1.807, 2.05) is 0 Å². The van der Waals surface area contributed by atoms with Crippen LogP contribution in [0.15, 0.2) is 0 Å². The predicted octanol–water partition coefficient (Wildman–Crippen LogP) is 2.56. The van der Waals surface area contributed by atoms with Crippen LogP contribution in [0, 0.1) is 5.92 Å². The zero-order chi connectivity index (χ0) is 11.0.